The van der Waals surface area contributed by atoms with Crippen molar-refractivity contribution in [3.63, 3.8) is 0 Å². The van der Waals surface area contributed by atoms with Crippen LogP contribution in [0.1, 0.15) is 19.3 Å². The van der Waals surface area contributed by atoms with Gasteiger partial charge in [-0.3, -0.25) is 4.79 Å². The molecular weight excluding hydrogens is 248 g/mol. The summed E-state index contributed by atoms with van der Waals surface area (Å²) in [6.07, 6.45) is 3.29. The molecule has 0 aliphatic carbocycles. The topological polar surface area (TPSA) is 64.3 Å². The predicted octanol–water partition coefficient (Wildman–Crippen LogP) is 2.50. The highest BCUT2D eigenvalue weighted by molar-refractivity contribution is 8.00. The van der Waals surface area contributed by atoms with Gasteiger partial charge in [0.05, 0.1) is 23.7 Å². The first-order valence-corrected chi connectivity index (χ1v) is 7.11. The molecule has 1 unspecified atom stereocenters. The smallest absolute Gasteiger partial charge is 0.237 e. The minimum Gasteiger partial charge on any atom is -0.497 e. The molecule has 0 saturated carbocycles. The summed E-state index contributed by atoms with van der Waals surface area (Å²) in [5.74, 6) is 1.81. The van der Waals surface area contributed by atoms with Crippen LogP contribution in [0.15, 0.2) is 18.2 Å². The van der Waals surface area contributed by atoms with Gasteiger partial charge in [0.15, 0.2) is 0 Å². The summed E-state index contributed by atoms with van der Waals surface area (Å²) in [4.78, 5) is 12.1. The number of ether oxygens (including phenoxy) is 1. The van der Waals surface area contributed by atoms with E-state index in [1.807, 2.05) is 0 Å². The number of hydrogen-bond donors (Lipinski definition) is 2. The Morgan fingerprint density at radius 1 is 1.50 bits per heavy atom. The number of amides is 1. The summed E-state index contributed by atoms with van der Waals surface area (Å²) in [7, 11) is 1.59. The predicted molar refractivity (Wildman–Crippen MR) is 76.1 cm³/mol. The quantitative estimate of drug-likeness (QED) is 0.825. The number of nitrogens with one attached hydrogen (secondary N) is 1. The number of rotatable bonds is 3. The average Bonchev–Trinajstić information content (AvgIpc) is 2.42. The molecule has 1 atom stereocenters. The number of benzene rings is 1. The SMILES string of the molecule is COc1ccc(NC(=O)C2CCCCS2)c(N)c1. The molecule has 1 amide bonds. The summed E-state index contributed by atoms with van der Waals surface area (Å²) < 4.78 is 5.07. The average molecular weight is 266 g/mol. The van der Waals surface area contributed by atoms with E-state index in [0.29, 0.717) is 17.1 Å². The van der Waals surface area contributed by atoms with E-state index in [1.54, 1.807) is 37.1 Å². The van der Waals surface area contributed by atoms with Gasteiger partial charge in [-0.15, -0.1) is 11.8 Å². The Balaban J connectivity index is 2.02. The van der Waals surface area contributed by atoms with Crippen molar-refractivity contribution < 1.29 is 9.53 Å². The van der Waals surface area contributed by atoms with Crippen LogP contribution < -0.4 is 15.8 Å². The van der Waals surface area contributed by atoms with Crippen LogP contribution in [-0.4, -0.2) is 24.0 Å². The van der Waals surface area contributed by atoms with Crippen molar-refractivity contribution in [3.8, 4) is 5.75 Å². The van der Waals surface area contributed by atoms with Gasteiger partial charge in [-0.2, -0.15) is 0 Å². The summed E-state index contributed by atoms with van der Waals surface area (Å²) in [6.45, 7) is 0. The molecule has 1 aliphatic heterocycles. The monoisotopic (exact) mass is 266 g/mol. The first-order valence-electron chi connectivity index (χ1n) is 6.06. The third-order valence-corrected chi connectivity index (χ3v) is 4.37. The molecule has 1 fully saturated rings. The van der Waals surface area contributed by atoms with E-state index in [0.717, 1.165) is 18.6 Å². The summed E-state index contributed by atoms with van der Waals surface area (Å²) in [5.41, 5.74) is 7.06. The van der Waals surface area contributed by atoms with E-state index < -0.39 is 0 Å². The molecule has 1 aromatic carbocycles. The molecule has 3 N–H and O–H groups in total. The van der Waals surface area contributed by atoms with Crippen LogP contribution in [0.4, 0.5) is 11.4 Å². The first-order chi connectivity index (χ1) is 8.70. The van der Waals surface area contributed by atoms with E-state index in [4.69, 9.17) is 10.5 Å². The summed E-state index contributed by atoms with van der Waals surface area (Å²) in [5, 5.41) is 2.95. The van der Waals surface area contributed by atoms with Crippen LogP contribution in [-0.2, 0) is 4.79 Å². The number of methoxy groups -OCH3 is 1. The number of anilines is 2. The fourth-order valence-corrected chi connectivity index (χ4v) is 3.14. The lowest BCUT2D eigenvalue weighted by molar-refractivity contribution is -0.115. The number of thioether (sulfide) groups is 1. The summed E-state index contributed by atoms with van der Waals surface area (Å²) in [6, 6.07) is 5.28. The molecule has 5 heteroatoms. The highest BCUT2D eigenvalue weighted by atomic mass is 32.2. The second-order valence-electron chi connectivity index (χ2n) is 4.30. The molecule has 2 rings (SSSR count). The molecule has 4 nitrogen and oxygen atoms in total. The van der Waals surface area contributed by atoms with E-state index in [2.05, 4.69) is 5.32 Å². The maximum absolute atomic E-state index is 12.1. The van der Waals surface area contributed by atoms with Gasteiger partial charge in [0.2, 0.25) is 5.91 Å². The molecule has 1 aromatic rings. The molecule has 0 spiro atoms. The third-order valence-electron chi connectivity index (χ3n) is 2.99. The molecule has 1 aliphatic rings. The van der Waals surface area contributed by atoms with Crippen LogP contribution in [0, 0.1) is 0 Å². The molecular formula is C13H18N2O2S. The van der Waals surface area contributed by atoms with Gasteiger partial charge in [0.1, 0.15) is 5.75 Å². The van der Waals surface area contributed by atoms with Gasteiger partial charge < -0.3 is 15.8 Å². The lowest BCUT2D eigenvalue weighted by Crippen LogP contribution is -2.27. The van der Waals surface area contributed by atoms with Crippen LogP contribution in [0.5, 0.6) is 5.75 Å². The number of nitrogens with two attached hydrogens (primary N) is 1. The standard InChI is InChI=1S/C13H18N2O2S/c1-17-9-5-6-11(10(14)8-9)15-13(16)12-4-2-3-7-18-12/h5-6,8,12H,2-4,7,14H2,1H3,(H,15,16). The highest BCUT2D eigenvalue weighted by Gasteiger charge is 2.22. The molecule has 0 bridgehead atoms. The van der Waals surface area contributed by atoms with E-state index >= 15 is 0 Å². The molecule has 18 heavy (non-hydrogen) atoms. The zero-order valence-corrected chi connectivity index (χ0v) is 11.3. The zero-order valence-electron chi connectivity index (χ0n) is 10.4. The Hall–Kier alpha value is -1.36. The van der Waals surface area contributed by atoms with Crippen LogP contribution in [0.3, 0.4) is 0 Å². The van der Waals surface area contributed by atoms with Crippen molar-refractivity contribution in [1.82, 2.24) is 0 Å². The Morgan fingerprint density at radius 2 is 2.33 bits per heavy atom. The zero-order chi connectivity index (χ0) is 13.0. The fraction of sp³-hybridized carbons (Fsp3) is 0.462. The first kappa shape index (κ1) is 13.1. The van der Waals surface area contributed by atoms with E-state index in [9.17, 15) is 4.79 Å². The lowest BCUT2D eigenvalue weighted by Gasteiger charge is -2.20. The van der Waals surface area contributed by atoms with Gasteiger partial charge >= 0.3 is 0 Å². The number of carbonyl (C=O) groups is 1. The van der Waals surface area contributed by atoms with E-state index in [-0.39, 0.29) is 11.2 Å². The van der Waals surface area contributed by atoms with Crippen molar-refractivity contribution in [3.05, 3.63) is 18.2 Å². The maximum Gasteiger partial charge on any atom is 0.237 e. The third kappa shape index (κ3) is 3.10. The number of carbonyl (C=O) groups excluding carboxylic acids is 1. The van der Waals surface area contributed by atoms with Crippen molar-refractivity contribution >= 4 is 29.0 Å². The van der Waals surface area contributed by atoms with Crippen molar-refractivity contribution in [2.75, 3.05) is 23.9 Å². The van der Waals surface area contributed by atoms with E-state index in [1.165, 1.54) is 6.42 Å². The van der Waals surface area contributed by atoms with Gasteiger partial charge in [-0.1, -0.05) is 6.42 Å². The minimum absolute atomic E-state index is 0.0524. The van der Waals surface area contributed by atoms with Crippen molar-refractivity contribution in [1.29, 1.82) is 0 Å². The minimum atomic E-state index is 0.0524. The second-order valence-corrected chi connectivity index (χ2v) is 5.61. The fourth-order valence-electron chi connectivity index (χ4n) is 1.94. The Morgan fingerprint density at radius 3 is 2.94 bits per heavy atom. The van der Waals surface area contributed by atoms with Gasteiger partial charge in [-0.25, -0.2) is 0 Å². The second kappa shape index (κ2) is 6.00. The van der Waals surface area contributed by atoms with Crippen LogP contribution >= 0.6 is 11.8 Å². The highest BCUT2D eigenvalue weighted by Crippen LogP contribution is 2.28. The number of hydrogen-bond acceptors (Lipinski definition) is 4. The molecule has 1 saturated heterocycles. The Bertz CT molecular complexity index is 431. The Kier molecular flexibility index (Phi) is 4.36. The van der Waals surface area contributed by atoms with Crippen molar-refractivity contribution in [2.45, 2.75) is 24.5 Å². The molecule has 98 valence electrons. The normalized spacial score (nSPS) is 19.3. The maximum atomic E-state index is 12.1. The van der Waals surface area contributed by atoms with Crippen molar-refractivity contribution in [2.24, 2.45) is 0 Å². The van der Waals surface area contributed by atoms with Gasteiger partial charge in [0, 0.05) is 6.07 Å². The van der Waals surface area contributed by atoms with Crippen LogP contribution in [0.25, 0.3) is 0 Å². The molecule has 0 aromatic heterocycles. The van der Waals surface area contributed by atoms with Crippen LogP contribution in [0.2, 0.25) is 0 Å². The number of nitrogen functional groups attached to an aromatic ring is 1. The Labute approximate surface area is 111 Å². The summed E-state index contributed by atoms with van der Waals surface area (Å²) >= 11 is 1.73. The molecule has 1 heterocycles. The van der Waals surface area contributed by atoms with Gasteiger partial charge in [-0.05, 0) is 30.7 Å². The van der Waals surface area contributed by atoms with Gasteiger partial charge in [0.25, 0.3) is 0 Å². The lowest BCUT2D eigenvalue weighted by atomic mass is 10.1. The largest absolute Gasteiger partial charge is 0.497 e. The molecule has 0 radical (unpaired) electrons.